The third-order valence-electron chi connectivity index (χ3n) is 2.29. The number of benzene rings is 1. The molecule has 0 unspecified atom stereocenters. The molecule has 1 heterocycles. The zero-order chi connectivity index (χ0) is 13.8. The lowest BCUT2D eigenvalue weighted by atomic mass is 10.2. The van der Waals surface area contributed by atoms with Gasteiger partial charge in [0.25, 0.3) is 11.6 Å². The number of thiazole rings is 1. The predicted octanol–water partition coefficient (Wildman–Crippen LogP) is 2.74. The molecule has 0 radical (unpaired) electrons. The monoisotopic (exact) mass is 341 g/mol. The molecule has 0 aliphatic carbocycles. The van der Waals surface area contributed by atoms with Crippen molar-refractivity contribution in [1.82, 2.24) is 10.3 Å². The normalized spacial score (nSPS) is 10.2. The van der Waals surface area contributed by atoms with Crippen LogP contribution in [0.4, 0.5) is 5.69 Å². The Kier molecular flexibility index (Phi) is 4.23. The number of nitrogens with one attached hydrogen (secondary N) is 1. The molecule has 0 bridgehead atoms. The van der Waals surface area contributed by atoms with E-state index in [0.29, 0.717) is 11.0 Å². The van der Waals surface area contributed by atoms with Gasteiger partial charge in [-0.3, -0.25) is 14.9 Å². The minimum absolute atomic E-state index is 0.137. The minimum atomic E-state index is -0.540. The van der Waals surface area contributed by atoms with Crippen LogP contribution in [0.5, 0.6) is 0 Å². The van der Waals surface area contributed by atoms with E-state index >= 15 is 0 Å². The quantitative estimate of drug-likeness (QED) is 0.684. The summed E-state index contributed by atoms with van der Waals surface area (Å²) in [5.74, 6) is -0.370. The van der Waals surface area contributed by atoms with Crippen LogP contribution in [0.1, 0.15) is 15.4 Å². The van der Waals surface area contributed by atoms with Gasteiger partial charge >= 0.3 is 0 Å². The molecule has 98 valence electrons. The summed E-state index contributed by atoms with van der Waals surface area (Å²) < 4.78 is 0.342. The van der Waals surface area contributed by atoms with Gasteiger partial charge in [0.1, 0.15) is 5.01 Å². The van der Waals surface area contributed by atoms with Crippen molar-refractivity contribution < 1.29 is 9.72 Å². The van der Waals surface area contributed by atoms with Crippen molar-refractivity contribution in [3.8, 4) is 0 Å². The third-order valence-corrected chi connectivity index (χ3v) is 3.74. The number of carbonyl (C=O) groups excluding carboxylic acids is 1. The number of amides is 1. The lowest BCUT2D eigenvalue weighted by molar-refractivity contribution is -0.385. The molecule has 0 fully saturated rings. The minimum Gasteiger partial charge on any atom is -0.346 e. The van der Waals surface area contributed by atoms with Crippen molar-refractivity contribution in [2.75, 3.05) is 0 Å². The molecule has 1 aromatic heterocycles. The Hall–Kier alpha value is -1.80. The molecule has 0 saturated carbocycles. The maximum Gasteiger partial charge on any atom is 0.284 e. The summed E-state index contributed by atoms with van der Waals surface area (Å²) in [6.45, 7) is 0.306. The highest BCUT2D eigenvalue weighted by Crippen LogP contribution is 2.25. The van der Waals surface area contributed by atoms with Crippen LogP contribution < -0.4 is 5.32 Å². The molecular weight excluding hydrogens is 334 g/mol. The number of aromatic nitrogens is 1. The molecule has 0 aliphatic heterocycles. The predicted molar refractivity (Wildman–Crippen MR) is 74.1 cm³/mol. The van der Waals surface area contributed by atoms with Crippen molar-refractivity contribution in [1.29, 1.82) is 0 Å². The van der Waals surface area contributed by atoms with Crippen LogP contribution in [0, 0.1) is 10.1 Å². The van der Waals surface area contributed by atoms with E-state index in [1.54, 1.807) is 6.20 Å². The first-order chi connectivity index (χ1) is 9.08. The maximum atomic E-state index is 11.9. The van der Waals surface area contributed by atoms with Gasteiger partial charge in [-0.15, -0.1) is 11.3 Å². The van der Waals surface area contributed by atoms with Crippen molar-refractivity contribution >= 4 is 38.9 Å². The molecule has 1 amide bonds. The van der Waals surface area contributed by atoms with Crippen LogP contribution >= 0.6 is 27.3 Å². The number of halogens is 1. The average Bonchev–Trinajstić information content (AvgIpc) is 2.89. The molecule has 2 aromatic rings. The smallest absolute Gasteiger partial charge is 0.284 e. The molecule has 0 aliphatic rings. The second-order valence-electron chi connectivity index (χ2n) is 3.53. The molecule has 1 aromatic carbocycles. The standard InChI is InChI=1S/C11H8BrN3O3S/c12-8-2-1-7(5-9(8)15(17)18)11(16)14-6-10-13-3-4-19-10/h1-5H,6H2,(H,14,16). The van der Waals surface area contributed by atoms with Crippen LogP contribution in [0.25, 0.3) is 0 Å². The molecule has 6 nitrogen and oxygen atoms in total. The number of nitro groups is 1. The number of rotatable bonds is 4. The Labute approximate surface area is 120 Å². The first kappa shape index (κ1) is 13.6. The summed E-state index contributed by atoms with van der Waals surface area (Å²) in [5, 5.41) is 16.0. The number of nitro benzene ring substituents is 1. The molecule has 0 saturated heterocycles. The van der Waals surface area contributed by atoms with Crippen molar-refractivity contribution in [3.63, 3.8) is 0 Å². The molecule has 1 N–H and O–H groups in total. The van der Waals surface area contributed by atoms with Crippen LogP contribution in [0.3, 0.4) is 0 Å². The highest BCUT2D eigenvalue weighted by Gasteiger charge is 2.15. The first-order valence-corrected chi connectivity index (χ1v) is 6.85. The van der Waals surface area contributed by atoms with Gasteiger partial charge in [-0.25, -0.2) is 4.98 Å². The Morgan fingerprint density at radius 2 is 2.32 bits per heavy atom. The van der Waals surface area contributed by atoms with Crippen LogP contribution in [-0.2, 0) is 6.54 Å². The van der Waals surface area contributed by atoms with E-state index in [1.165, 1.54) is 29.5 Å². The lowest BCUT2D eigenvalue weighted by Gasteiger charge is -2.03. The average molecular weight is 342 g/mol. The Bertz CT molecular complexity index is 616. The second-order valence-corrected chi connectivity index (χ2v) is 5.37. The van der Waals surface area contributed by atoms with Gasteiger partial charge in [0.15, 0.2) is 0 Å². The van der Waals surface area contributed by atoms with Crippen molar-refractivity contribution in [2.45, 2.75) is 6.54 Å². The van der Waals surface area contributed by atoms with Gasteiger partial charge in [-0.05, 0) is 28.1 Å². The lowest BCUT2D eigenvalue weighted by Crippen LogP contribution is -2.22. The van der Waals surface area contributed by atoms with E-state index in [9.17, 15) is 14.9 Å². The first-order valence-electron chi connectivity index (χ1n) is 5.18. The van der Waals surface area contributed by atoms with Crippen LogP contribution in [-0.4, -0.2) is 15.8 Å². The highest BCUT2D eigenvalue weighted by atomic mass is 79.9. The molecule has 0 atom stereocenters. The number of carbonyl (C=O) groups is 1. The van der Waals surface area contributed by atoms with Gasteiger partial charge < -0.3 is 5.32 Å². The molecule has 8 heteroatoms. The Morgan fingerprint density at radius 3 is 2.95 bits per heavy atom. The van der Waals surface area contributed by atoms with E-state index in [-0.39, 0.29) is 17.2 Å². The van der Waals surface area contributed by atoms with Crippen LogP contribution in [0.2, 0.25) is 0 Å². The largest absolute Gasteiger partial charge is 0.346 e. The van der Waals surface area contributed by atoms with E-state index < -0.39 is 4.92 Å². The molecule has 2 rings (SSSR count). The molecule has 0 spiro atoms. The SMILES string of the molecule is O=C(NCc1nccs1)c1ccc(Br)c([N+](=O)[O-])c1. The zero-order valence-corrected chi connectivity index (χ0v) is 11.9. The van der Waals surface area contributed by atoms with Gasteiger partial charge in [-0.2, -0.15) is 0 Å². The number of hydrogen-bond acceptors (Lipinski definition) is 5. The topological polar surface area (TPSA) is 85.1 Å². The van der Waals surface area contributed by atoms with Gasteiger partial charge in [0.05, 0.1) is 15.9 Å². The number of hydrogen-bond donors (Lipinski definition) is 1. The van der Waals surface area contributed by atoms with E-state index in [4.69, 9.17) is 0 Å². The summed E-state index contributed by atoms with van der Waals surface area (Å²) in [5.41, 5.74) is 0.105. The van der Waals surface area contributed by atoms with Crippen LogP contribution in [0.15, 0.2) is 34.2 Å². The second kappa shape index (κ2) is 5.89. The molecule has 19 heavy (non-hydrogen) atoms. The fourth-order valence-electron chi connectivity index (χ4n) is 1.39. The number of nitrogens with zero attached hydrogens (tertiary/aromatic N) is 2. The van der Waals surface area contributed by atoms with Gasteiger partial charge in [0.2, 0.25) is 0 Å². The summed E-state index contributed by atoms with van der Waals surface area (Å²) in [6, 6.07) is 4.24. The third kappa shape index (κ3) is 3.36. The highest BCUT2D eigenvalue weighted by molar-refractivity contribution is 9.10. The summed E-state index contributed by atoms with van der Waals surface area (Å²) >= 11 is 4.50. The van der Waals surface area contributed by atoms with Gasteiger partial charge in [-0.1, -0.05) is 0 Å². The fourth-order valence-corrected chi connectivity index (χ4v) is 2.34. The summed E-state index contributed by atoms with van der Waals surface area (Å²) in [4.78, 5) is 26.1. The molecular formula is C11H8BrN3O3S. The maximum absolute atomic E-state index is 11.9. The van der Waals surface area contributed by atoms with Crippen molar-refractivity contribution in [3.05, 3.63) is 54.9 Å². The van der Waals surface area contributed by atoms with E-state index in [1.807, 2.05) is 5.38 Å². The van der Waals surface area contributed by atoms with Gasteiger partial charge in [0, 0.05) is 23.2 Å². The van der Waals surface area contributed by atoms with E-state index in [2.05, 4.69) is 26.2 Å². The Balaban J connectivity index is 2.11. The van der Waals surface area contributed by atoms with E-state index in [0.717, 1.165) is 5.01 Å². The fraction of sp³-hybridized carbons (Fsp3) is 0.0909. The summed E-state index contributed by atoms with van der Waals surface area (Å²) in [6.07, 6.45) is 1.65. The van der Waals surface area contributed by atoms with Crippen molar-refractivity contribution in [2.24, 2.45) is 0 Å². The summed E-state index contributed by atoms with van der Waals surface area (Å²) in [7, 11) is 0. The zero-order valence-electron chi connectivity index (χ0n) is 9.50. The Morgan fingerprint density at radius 1 is 1.53 bits per heavy atom.